The Morgan fingerprint density at radius 2 is 2.15 bits per heavy atom. The zero-order valence-electron chi connectivity index (χ0n) is 10.3. The van der Waals surface area contributed by atoms with Gasteiger partial charge in [-0.3, -0.25) is 9.52 Å². The number of hydrogen-bond donors (Lipinski definition) is 2. The van der Waals surface area contributed by atoms with Crippen LogP contribution in [0.3, 0.4) is 0 Å². The van der Waals surface area contributed by atoms with Crippen LogP contribution in [0.4, 0.5) is 5.69 Å². The van der Waals surface area contributed by atoms with Crippen LogP contribution in [0.15, 0.2) is 40.3 Å². The van der Waals surface area contributed by atoms with E-state index in [1.54, 1.807) is 0 Å². The molecular formula is C11H10ClN3O4S. The molecule has 0 aliphatic heterocycles. The highest BCUT2D eigenvalue weighted by Gasteiger charge is 2.16. The molecule has 2 N–H and O–H groups in total. The number of hydrogen-bond acceptors (Lipinski definition) is 5. The number of H-pyrrole nitrogens is 1. The van der Waals surface area contributed by atoms with Crippen LogP contribution in [0, 0.1) is 0 Å². The van der Waals surface area contributed by atoms with Crippen LogP contribution in [0.25, 0.3) is 0 Å². The molecule has 0 radical (unpaired) electrons. The molecule has 0 atom stereocenters. The van der Waals surface area contributed by atoms with E-state index in [2.05, 4.69) is 14.7 Å². The minimum Gasteiger partial charge on any atom is -0.481 e. The monoisotopic (exact) mass is 315 g/mol. The molecule has 0 spiro atoms. The van der Waals surface area contributed by atoms with Gasteiger partial charge in [0.05, 0.1) is 19.0 Å². The molecule has 0 saturated carbocycles. The van der Waals surface area contributed by atoms with Gasteiger partial charge in [-0.15, -0.1) is 0 Å². The summed E-state index contributed by atoms with van der Waals surface area (Å²) < 4.78 is 31.3. The molecule has 0 aliphatic rings. The molecule has 0 saturated heterocycles. The zero-order chi connectivity index (χ0) is 14.8. The highest BCUT2D eigenvalue weighted by molar-refractivity contribution is 7.92. The Kier molecular flexibility index (Phi) is 3.96. The first-order chi connectivity index (χ1) is 9.42. The van der Waals surface area contributed by atoms with E-state index in [-0.39, 0.29) is 15.6 Å². The van der Waals surface area contributed by atoms with E-state index in [9.17, 15) is 13.2 Å². The Labute approximate surface area is 119 Å². The highest BCUT2D eigenvalue weighted by Crippen LogP contribution is 2.17. The van der Waals surface area contributed by atoms with Gasteiger partial charge in [0.25, 0.3) is 15.6 Å². The van der Waals surface area contributed by atoms with Gasteiger partial charge in [0.1, 0.15) is 9.92 Å². The van der Waals surface area contributed by atoms with Gasteiger partial charge in [-0.05, 0) is 12.1 Å². The molecule has 0 bridgehead atoms. The summed E-state index contributed by atoms with van der Waals surface area (Å²) >= 11 is 5.60. The molecule has 106 valence electrons. The van der Waals surface area contributed by atoms with Crippen molar-refractivity contribution in [3.8, 4) is 5.88 Å². The summed E-state index contributed by atoms with van der Waals surface area (Å²) in [4.78, 5) is 17.1. The number of pyridine rings is 2. The van der Waals surface area contributed by atoms with Gasteiger partial charge in [-0.1, -0.05) is 11.6 Å². The fourth-order valence-electron chi connectivity index (χ4n) is 1.37. The van der Waals surface area contributed by atoms with E-state index in [1.165, 1.54) is 25.4 Å². The first-order valence-electron chi connectivity index (χ1n) is 5.33. The molecule has 0 unspecified atom stereocenters. The fraction of sp³-hybridized carbons (Fsp3) is 0.0909. The second-order valence-electron chi connectivity index (χ2n) is 3.71. The van der Waals surface area contributed by atoms with E-state index in [1.807, 2.05) is 0 Å². The lowest BCUT2D eigenvalue weighted by atomic mass is 10.4. The van der Waals surface area contributed by atoms with Gasteiger partial charge < -0.3 is 9.72 Å². The number of rotatable bonds is 4. The molecule has 2 aromatic rings. The van der Waals surface area contributed by atoms with Crippen molar-refractivity contribution in [1.82, 2.24) is 9.97 Å². The van der Waals surface area contributed by atoms with Gasteiger partial charge in [-0.25, -0.2) is 13.4 Å². The standard InChI is InChI=1S/C11H10ClN3O4S/c1-19-10-3-2-7(5-13-10)15-20(17,18)8-4-9(12)11(16)14-6-8/h2-6,15H,1H3,(H,14,16). The number of halogens is 1. The quantitative estimate of drug-likeness (QED) is 0.883. The van der Waals surface area contributed by atoms with Crippen molar-refractivity contribution in [2.24, 2.45) is 0 Å². The molecule has 7 nitrogen and oxygen atoms in total. The normalized spacial score (nSPS) is 11.1. The Morgan fingerprint density at radius 3 is 2.70 bits per heavy atom. The molecule has 0 fully saturated rings. The van der Waals surface area contributed by atoms with Crippen LogP contribution in [-0.2, 0) is 10.0 Å². The van der Waals surface area contributed by atoms with Crippen LogP contribution >= 0.6 is 11.6 Å². The Bertz CT molecular complexity index is 771. The number of nitrogens with one attached hydrogen (secondary N) is 2. The van der Waals surface area contributed by atoms with Crippen LogP contribution in [0.5, 0.6) is 5.88 Å². The Morgan fingerprint density at radius 1 is 1.40 bits per heavy atom. The number of anilines is 1. The smallest absolute Gasteiger partial charge is 0.266 e. The topological polar surface area (TPSA) is 101 Å². The van der Waals surface area contributed by atoms with Crippen molar-refractivity contribution in [2.45, 2.75) is 4.90 Å². The first kappa shape index (κ1) is 14.4. The van der Waals surface area contributed by atoms with Crippen LogP contribution in [-0.4, -0.2) is 25.5 Å². The maximum absolute atomic E-state index is 12.1. The summed E-state index contributed by atoms with van der Waals surface area (Å²) in [6.07, 6.45) is 2.37. The lowest BCUT2D eigenvalue weighted by Gasteiger charge is -2.08. The summed E-state index contributed by atoms with van der Waals surface area (Å²) in [5, 5.41) is -0.208. The summed E-state index contributed by atoms with van der Waals surface area (Å²) in [6.45, 7) is 0. The van der Waals surface area contributed by atoms with Crippen molar-refractivity contribution in [3.63, 3.8) is 0 Å². The van der Waals surface area contributed by atoms with Crippen molar-refractivity contribution in [3.05, 3.63) is 46.0 Å². The number of methoxy groups -OCH3 is 1. The Balaban J connectivity index is 2.30. The maximum Gasteiger partial charge on any atom is 0.266 e. The van der Waals surface area contributed by atoms with E-state index >= 15 is 0 Å². The average molecular weight is 316 g/mol. The second kappa shape index (κ2) is 5.51. The molecule has 2 aromatic heterocycles. The third-order valence-corrected chi connectivity index (χ3v) is 3.98. The average Bonchev–Trinajstić information content (AvgIpc) is 2.42. The molecule has 20 heavy (non-hydrogen) atoms. The summed E-state index contributed by atoms with van der Waals surface area (Å²) in [5.41, 5.74) is -0.301. The van der Waals surface area contributed by atoms with E-state index < -0.39 is 15.6 Å². The van der Waals surface area contributed by atoms with Crippen molar-refractivity contribution < 1.29 is 13.2 Å². The van der Waals surface area contributed by atoms with Gasteiger partial charge in [0.2, 0.25) is 5.88 Å². The highest BCUT2D eigenvalue weighted by atomic mass is 35.5. The summed E-state index contributed by atoms with van der Waals surface area (Å²) in [6, 6.07) is 4.08. The molecule has 9 heteroatoms. The SMILES string of the molecule is COc1ccc(NS(=O)(=O)c2c[nH]c(=O)c(Cl)c2)cn1. The predicted molar refractivity (Wildman–Crippen MR) is 73.7 cm³/mol. The summed E-state index contributed by atoms with van der Waals surface area (Å²) in [7, 11) is -2.40. The number of nitrogens with zero attached hydrogens (tertiary/aromatic N) is 1. The van der Waals surface area contributed by atoms with Gasteiger partial charge >= 0.3 is 0 Å². The first-order valence-corrected chi connectivity index (χ1v) is 7.19. The lowest BCUT2D eigenvalue weighted by Crippen LogP contribution is -2.16. The molecule has 2 heterocycles. The van der Waals surface area contributed by atoms with Gasteiger partial charge in [0, 0.05) is 12.3 Å². The largest absolute Gasteiger partial charge is 0.481 e. The van der Waals surface area contributed by atoms with Crippen LogP contribution < -0.4 is 15.0 Å². The minimum atomic E-state index is -3.86. The number of aromatic nitrogens is 2. The van der Waals surface area contributed by atoms with Gasteiger partial charge in [-0.2, -0.15) is 0 Å². The molecule has 0 aliphatic carbocycles. The van der Waals surface area contributed by atoms with Gasteiger partial charge in [0.15, 0.2) is 0 Å². The van der Waals surface area contributed by atoms with Crippen molar-refractivity contribution >= 4 is 27.3 Å². The van der Waals surface area contributed by atoms with Crippen LogP contribution in [0.2, 0.25) is 5.02 Å². The Hall–Kier alpha value is -2.06. The third-order valence-electron chi connectivity index (χ3n) is 2.34. The number of sulfonamides is 1. The predicted octanol–water partition coefficient (Wildman–Crippen LogP) is 1.23. The number of aromatic amines is 1. The third kappa shape index (κ3) is 3.09. The second-order valence-corrected chi connectivity index (χ2v) is 5.80. The zero-order valence-corrected chi connectivity index (χ0v) is 11.8. The van der Waals surface area contributed by atoms with Crippen molar-refractivity contribution in [2.75, 3.05) is 11.8 Å². The minimum absolute atomic E-state index is 0.155. The van der Waals surface area contributed by atoms with E-state index in [4.69, 9.17) is 16.3 Å². The van der Waals surface area contributed by atoms with E-state index in [0.717, 1.165) is 12.3 Å². The molecular weight excluding hydrogens is 306 g/mol. The number of ether oxygens (including phenoxy) is 1. The van der Waals surface area contributed by atoms with Crippen LogP contribution in [0.1, 0.15) is 0 Å². The van der Waals surface area contributed by atoms with Crippen molar-refractivity contribution in [1.29, 1.82) is 0 Å². The molecule has 2 rings (SSSR count). The van der Waals surface area contributed by atoms with E-state index in [0.29, 0.717) is 5.88 Å². The molecule has 0 amide bonds. The fourth-order valence-corrected chi connectivity index (χ4v) is 2.64. The summed E-state index contributed by atoms with van der Waals surface area (Å²) in [5.74, 6) is 0.361. The maximum atomic E-state index is 12.1. The molecule has 0 aromatic carbocycles. The lowest BCUT2D eigenvalue weighted by molar-refractivity contribution is 0.398.